The van der Waals surface area contributed by atoms with Crippen molar-refractivity contribution in [3.8, 4) is 0 Å². The molecule has 0 unspecified atom stereocenters. The standard InChI is InChI=1S/C9H17NO/c1-8(2)5-4-6-9(3)10-7-11/h6,10-11H,1,4-5,7H2,2-3H3/b9-6+. The molecule has 11 heavy (non-hydrogen) atoms. The van der Waals surface area contributed by atoms with Crippen LogP contribution in [0.3, 0.4) is 0 Å². The van der Waals surface area contributed by atoms with Crippen LogP contribution < -0.4 is 5.32 Å². The van der Waals surface area contributed by atoms with E-state index in [2.05, 4.69) is 18.0 Å². The zero-order chi connectivity index (χ0) is 8.69. The van der Waals surface area contributed by atoms with Crippen LogP contribution in [-0.2, 0) is 0 Å². The van der Waals surface area contributed by atoms with Crippen LogP contribution in [0.15, 0.2) is 23.9 Å². The van der Waals surface area contributed by atoms with Crippen molar-refractivity contribution in [2.24, 2.45) is 0 Å². The Morgan fingerprint density at radius 3 is 2.64 bits per heavy atom. The summed E-state index contributed by atoms with van der Waals surface area (Å²) < 4.78 is 0. The molecular weight excluding hydrogens is 138 g/mol. The van der Waals surface area contributed by atoms with E-state index in [1.807, 2.05) is 13.8 Å². The Bertz CT molecular complexity index is 150. The molecule has 0 amide bonds. The average Bonchev–Trinajstić information content (AvgIpc) is 1.87. The molecule has 0 fully saturated rings. The number of aliphatic hydroxyl groups is 1. The fourth-order valence-corrected chi connectivity index (χ4v) is 0.732. The van der Waals surface area contributed by atoms with Gasteiger partial charge in [0.1, 0.15) is 6.73 Å². The Balaban J connectivity index is 3.47. The fraction of sp³-hybridized carbons (Fsp3) is 0.556. The molecule has 2 nitrogen and oxygen atoms in total. The molecule has 0 aliphatic carbocycles. The summed E-state index contributed by atoms with van der Waals surface area (Å²) in [7, 11) is 0. The quantitative estimate of drug-likeness (QED) is 0.468. The molecule has 0 rings (SSSR count). The molecule has 2 N–H and O–H groups in total. The Hall–Kier alpha value is -0.760. The molecule has 0 aromatic rings. The van der Waals surface area contributed by atoms with Crippen molar-refractivity contribution in [3.05, 3.63) is 23.9 Å². The van der Waals surface area contributed by atoms with E-state index in [4.69, 9.17) is 5.11 Å². The minimum Gasteiger partial charge on any atom is -0.377 e. The third kappa shape index (κ3) is 7.13. The third-order valence-electron chi connectivity index (χ3n) is 1.38. The molecule has 64 valence electrons. The second kappa shape index (κ2) is 5.98. The lowest BCUT2D eigenvalue weighted by Gasteiger charge is -2.01. The summed E-state index contributed by atoms with van der Waals surface area (Å²) in [6.07, 6.45) is 4.07. The monoisotopic (exact) mass is 155 g/mol. The fourth-order valence-electron chi connectivity index (χ4n) is 0.732. The van der Waals surface area contributed by atoms with Crippen molar-refractivity contribution in [1.82, 2.24) is 5.32 Å². The molecule has 0 atom stereocenters. The first-order valence-electron chi connectivity index (χ1n) is 3.82. The van der Waals surface area contributed by atoms with Crippen LogP contribution in [0.4, 0.5) is 0 Å². The van der Waals surface area contributed by atoms with Crippen LogP contribution in [0.25, 0.3) is 0 Å². The summed E-state index contributed by atoms with van der Waals surface area (Å²) in [4.78, 5) is 0. The van der Waals surface area contributed by atoms with Gasteiger partial charge in [0, 0.05) is 5.70 Å². The zero-order valence-electron chi connectivity index (χ0n) is 7.35. The SMILES string of the molecule is C=C(C)CC/C=C(\C)NCO. The van der Waals surface area contributed by atoms with E-state index in [0.29, 0.717) is 0 Å². The number of hydrogen-bond donors (Lipinski definition) is 2. The van der Waals surface area contributed by atoms with Gasteiger partial charge in [-0.1, -0.05) is 11.6 Å². The number of aliphatic hydroxyl groups excluding tert-OH is 1. The van der Waals surface area contributed by atoms with Crippen LogP contribution in [0.1, 0.15) is 26.7 Å². The number of nitrogens with one attached hydrogen (secondary N) is 1. The highest BCUT2D eigenvalue weighted by molar-refractivity contribution is 4.98. The van der Waals surface area contributed by atoms with E-state index in [1.165, 1.54) is 5.57 Å². The minimum atomic E-state index is 0.00933. The molecule has 0 radical (unpaired) electrons. The van der Waals surface area contributed by atoms with Crippen LogP contribution in [0.2, 0.25) is 0 Å². The maximum absolute atomic E-state index is 8.48. The normalized spacial score (nSPS) is 11.4. The largest absolute Gasteiger partial charge is 0.377 e. The number of allylic oxidation sites excluding steroid dienone is 3. The topological polar surface area (TPSA) is 32.3 Å². The maximum atomic E-state index is 8.48. The average molecular weight is 155 g/mol. The van der Waals surface area contributed by atoms with E-state index in [1.54, 1.807) is 0 Å². The molecule has 0 bridgehead atoms. The van der Waals surface area contributed by atoms with Gasteiger partial charge >= 0.3 is 0 Å². The first-order valence-corrected chi connectivity index (χ1v) is 3.82. The summed E-state index contributed by atoms with van der Waals surface area (Å²) in [6, 6.07) is 0. The van der Waals surface area contributed by atoms with E-state index in [-0.39, 0.29) is 6.73 Å². The molecule has 0 aromatic heterocycles. The third-order valence-corrected chi connectivity index (χ3v) is 1.38. The molecule has 0 spiro atoms. The maximum Gasteiger partial charge on any atom is 0.113 e. The van der Waals surface area contributed by atoms with Gasteiger partial charge in [0.25, 0.3) is 0 Å². The van der Waals surface area contributed by atoms with Crippen LogP contribution >= 0.6 is 0 Å². The van der Waals surface area contributed by atoms with Crippen LogP contribution in [0, 0.1) is 0 Å². The van der Waals surface area contributed by atoms with Crippen LogP contribution in [0.5, 0.6) is 0 Å². The van der Waals surface area contributed by atoms with Gasteiger partial charge in [0.05, 0.1) is 0 Å². The number of rotatable bonds is 5. The summed E-state index contributed by atoms with van der Waals surface area (Å²) >= 11 is 0. The lowest BCUT2D eigenvalue weighted by Crippen LogP contribution is -2.11. The molecule has 0 aliphatic heterocycles. The lowest BCUT2D eigenvalue weighted by atomic mass is 10.2. The van der Waals surface area contributed by atoms with Crippen LogP contribution in [-0.4, -0.2) is 11.8 Å². The van der Waals surface area contributed by atoms with E-state index in [0.717, 1.165) is 18.5 Å². The van der Waals surface area contributed by atoms with Crippen molar-refractivity contribution < 1.29 is 5.11 Å². The van der Waals surface area contributed by atoms with Gasteiger partial charge < -0.3 is 10.4 Å². The van der Waals surface area contributed by atoms with Gasteiger partial charge in [-0.3, -0.25) is 0 Å². The summed E-state index contributed by atoms with van der Waals surface area (Å²) in [5, 5.41) is 11.3. The second-order valence-electron chi connectivity index (χ2n) is 2.72. The van der Waals surface area contributed by atoms with Gasteiger partial charge in [-0.15, -0.1) is 6.58 Å². The Labute approximate surface area is 68.6 Å². The molecule has 0 aliphatic rings. The van der Waals surface area contributed by atoms with Gasteiger partial charge in [-0.05, 0) is 26.7 Å². The molecular formula is C9H17NO. The molecule has 2 heteroatoms. The molecule has 0 heterocycles. The van der Waals surface area contributed by atoms with Gasteiger partial charge in [0.2, 0.25) is 0 Å². The van der Waals surface area contributed by atoms with Crippen molar-refractivity contribution in [2.75, 3.05) is 6.73 Å². The first kappa shape index (κ1) is 10.2. The predicted molar refractivity (Wildman–Crippen MR) is 48.0 cm³/mol. The second-order valence-corrected chi connectivity index (χ2v) is 2.72. The van der Waals surface area contributed by atoms with Gasteiger partial charge in [0.15, 0.2) is 0 Å². The first-order chi connectivity index (χ1) is 5.16. The van der Waals surface area contributed by atoms with E-state index in [9.17, 15) is 0 Å². The summed E-state index contributed by atoms with van der Waals surface area (Å²) in [5.41, 5.74) is 2.21. The molecule has 0 saturated carbocycles. The Kier molecular flexibility index (Phi) is 5.57. The van der Waals surface area contributed by atoms with Gasteiger partial charge in [-0.25, -0.2) is 0 Å². The number of hydrogen-bond acceptors (Lipinski definition) is 2. The molecule has 0 aromatic carbocycles. The highest BCUT2D eigenvalue weighted by Crippen LogP contribution is 2.02. The highest BCUT2D eigenvalue weighted by Gasteiger charge is 1.86. The predicted octanol–water partition coefficient (Wildman–Crippen LogP) is 1.79. The van der Waals surface area contributed by atoms with E-state index < -0.39 is 0 Å². The highest BCUT2D eigenvalue weighted by atomic mass is 16.3. The van der Waals surface area contributed by atoms with Crippen molar-refractivity contribution >= 4 is 0 Å². The van der Waals surface area contributed by atoms with E-state index >= 15 is 0 Å². The van der Waals surface area contributed by atoms with Crippen molar-refractivity contribution in [2.45, 2.75) is 26.7 Å². The Morgan fingerprint density at radius 2 is 2.18 bits per heavy atom. The lowest BCUT2D eigenvalue weighted by molar-refractivity contribution is 0.274. The Morgan fingerprint density at radius 1 is 1.55 bits per heavy atom. The van der Waals surface area contributed by atoms with Gasteiger partial charge in [-0.2, -0.15) is 0 Å². The molecule has 0 saturated heterocycles. The zero-order valence-corrected chi connectivity index (χ0v) is 7.35. The summed E-state index contributed by atoms with van der Waals surface area (Å²) in [6.45, 7) is 7.76. The van der Waals surface area contributed by atoms with Crippen molar-refractivity contribution in [1.29, 1.82) is 0 Å². The minimum absolute atomic E-state index is 0.00933. The summed E-state index contributed by atoms with van der Waals surface area (Å²) in [5.74, 6) is 0. The smallest absolute Gasteiger partial charge is 0.113 e. The van der Waals surface area contributed by atoms with Crippen molar-refractivity contribution in [3.63, 3.8) is 0 Å².